The molecule has 1 heterocycles. The van der Waals surface area contributed by atoms with Gasteiger partial charge in [0.15, 0.2) is 5.84 Å². The van der Waals surface area contributed by atoms with Crippen LogP contribution in [0, 0.1) is 5.82 Å². The van der Waals surface area contributed by atoms with Crippen molar-refractivity contribution in [2.24, 2.45) is 10.9 Å². The highest BCUT2D eigenvalue weighted by atomic mass is 19.1. The maximum atomic E-state index is 13.4. The molecule has 0 bridgehead atoms. The number of nitrogens with zero attached hydrogens (tertiary/aromatic N) is 3. The molecule has 0 amide bonds. The minimum Gasteiger partial charge on any atom is -0.409 e. The Hall–Kier alpha value is -2.89. The summed E-state index contributed by atoms with van der Waals surface area (Å²) in [5.41, 5.74) is 7.66. The van der Waals surface area contributed by atoms with E-state index in [2.05, 4.69) is 10.3 Å². The number of halogens is 1. The number of hydrogen-bond donors (Lipinski definition) is 2. The van der Waals surface area contributed by atoms with Crippen LogP contribution in [-0.4, -0.2) is 20.8 Å². The molecule has 0 atom stereocenters. The lowest BCUT2D eigenvalue weighted by molar-refractivity contribution is 0.318. The molecule has 5 nitrogen and oxygen atoms in total. The Kier molecular flexibility index (Phi) is 3.27. The smallest absolute Gasteiger partial charge is 0.170 e. The quantitative estimate of drug-likeness (QED) is 0.335. The van der Waals surface area contributed by atoms with E-state index in [0.717, 1.165) is 16.5 Å². The van der Waals surface area contributed by atoms with Gasteiger partial charge in [-0.15, -0.1) is 0 Å². The van der Waals surface area contributed by atoms with E-state index in [4.69, 9.17) is 10.9 Å². The second-order valence-corrected chi connectivity index (χ2v) is 4.65. The van der Waals surface area contributed by atoms with Crippen LogP contribution in [0.25, 0.3) is 10.9 Å². The maximum Gasteiger partial charge on any atom is 0.170 e. The van der Waals surface area contributed by atoms with Crippen LogP contribution in [0.15, 0.2) is 53.8 Å². The SMILES string of the molecule is NC(=NO)c1cc(F)ccc1Cn1ncc2ccccc21. The average Bonchev–Trinajstić information content (AvgIpc) is 2.91. The second kappa shape index (κ2) is 5.24. The van der Waals surface area contributed by atoms with E-state index in [1.54, 1.807) is 16.9 Å². The summed E-state index contributed by atoms with van der Waals surface area (Å²) in [4.78, 5) is 0. The van der Waals surface area contributed by atoms with Crippen molar-refractivity contribution in [2.75, 3.05) is 0 Å². The zero-order chi connectivity index (χ0) is 14.8. The first-order chi connectivity index (χ1) is 10.2. The third kappa shape index (κ3) is 2.43. The fourth-order valence-corrected chi connectivity index (χ4v) is 2.29. The molecule has 0 aliphatic carbocycles. The lowest BCUT2D eigenvalue weighted by atomic mass is 10.1. The molecule has 0 aliphatic rings. The number of rotatable bonds is 3. The Morgan fingerprint density at radius 2 is 2.10 bits per heavy atom. The number of benzene rings is 2. The van der Waals surface area contributed by atoms with E-state index in [1.807, 2.05) is 24.3 Å². The van der Waals surface area contributed by atoms with Gasteiger partial charge in [-0.05, 0) is 23.8 Å². The fraction of sp³-hybridized carbons (Fsp3) is 0.0667. The summed E-state index contributed by atoms with van der Waals surface area (Å²) in [6, 6.07) is 12.0. The molecule has 21 heavy (non-hydrogen) atoms. The van der Waals surface area contributed by atoms with Gasteiger partial charge in [0.2, 0.25) is 0 Å². The van der Waals surface area contributed by atoms with Crippen LogP contribution < -0.4 is 5.73 Å². The van der Waals surface area contributed by atoms with Crippen LogP contribution in [0.3, 0.4) is 0 Å². The van der Waals surface area contributed by atoms with Crippen molar-refractivity contribution in [1.29, 1.82) is 0 Å². The number of nitrogens with two attached hydrogens (primary N) is 1. The molecule has 0 radical (unpaired) electrons. The van der Waals surface area contributed by atoms with E-state index < -0.39 is 5.82 Å². The van der Waals surface area contributed by atoms with E-state index in [9.17, 15) is 4.39 Å². The Balaban J connectivity index is 2.06. The van der Waals surface area contributed by atoms with Gasteiger partial charge in [0.1, 0.15) is 5.82 Å². The number of amidine groups is 1. The van der Waals surface area contributed by atoms with Gasteiger partial charge < -0.3 is 10.9 Å². The van der Waals surface area contributed by atoms with Crippen LogP contribution >= 0.6 is 0 Å². The summed E-state index contributed by atoms with van der Waals surface area (Å²) in [5, 5.41) is 17.1. The molecule has 0 fully saturated rings. The lowest BCUT2D eigenvalue weighted by Crippen LogP contribution is -2.17. The molecular formula is C15H13FN4O. The predicted molar refractivity (Wildman–Crippen MR) is 77.7 cm³/mol. The molecule has 0 aliphatic heterocycles. The van der Waals surface area contributed by atoms with Crippen molar-refractivity contribution in [3.63, 3.8) is 0 Å². The van der Waals surface area contributed by atoms with Crippen LogP contribution in [0.4, 0.5) is 4.39 Å². The fourth-order valence-electron chi connectivity index (χ4n) is 2.29. The largest absolute Gasteiger partial charge is 0.409 e. The van der Waals surface area contributed by atoms with Gasteiger partial charge in [-0.2, -0.15) is 5.10 Å². The molecule has 0 saturated heterocycles. The first kappa shape index (κ1) is 13.1. The molecular weight excluding hydrogens is 271 g/mol. The number of hydrogen-bond acceptors (Lipinski definition) is 3. The molecule has 3 rings (SSSR count). The Morgan fingerprint density at radius 3 is 2.90 bits per heavy atom. The molecule has 0 saturated carbocycles. The van der Waals surface area contributed by atoms with Crippen molar-refractivity contribution in [3.8, 4) is 0 Å². The van der Waals surface area contributed by atoms with Gasteiger partial charge in [-0.3, -0.25) is 4.68 Å². The van der Waals surface area contributed by atoms with Gasteiger partial charge in [-0.25, -0.2) is 4.39 Å². The van der Waals surface area contributed by atoms with Crippen LogP contribution in [-0.2, 0) is 6.54 Å². The van der Waals surface area contributed by atoms with Crippen LogP contribution in [0.2, 0.25) is 0 Å². The second-order valence-electron chi connectivity index (χ2n) is 4.65. The van der Waals surface area contributed by atoms with Crippen molar-refractivity contribution >= 4 is 16.7 Å². The maximum absolute atomic E-state index is 13.4. The van der Waals surface area contributed by atoms with Gasteiger partial charge in [0.05, 0.1) is 18.3 Å². The topological polar surface area (TPSA) is 76.4 Å². The highest BCUT2D eigenvalue weighted by molar-refractivity contribution is 5.98. The van der Waals surface area contributed by atoms with Crippen LogP contribution in [0.1, 0.15) is 11.1 Å². The summed E-state index contributed by atoms with van der Waals surface area (Å²) in [7, 11) is 0. The lowest BCUT2D eigenvalue weighted by Gasteiger charge is -2.09. The summed E-state index contributed by atoms with van der Waals surface area (Å²) < 4.78 is 15.1. The molecule has 2 aromatic carbocycles. The van der Waals surface area contributed by atoms with Gasteiger partial charge in [-0.1, -0.05) is 29.4 Å². The summed E-state index contributed by atoms with van der Waals surface area (Å²) in [5.74, 6) is -0.563. The molecule has 6 heteroatoms. The van der Waals surface area contributed by atoms with Crippen molar-refractivity contribution < 1.29 is 9.60 Å². The number of fused-ring (bicyclic) bond motifs is 1. The minimum absolute atomic E-state index is 0.124. The Bertz CT molecular complexity index is 825. The molecule has 3 N–H and O–H groups in total. The van der Waals surface area contributed by atoms with Gasteiger partial charge >= 0.3 is 0 Å². The normalized spacial score (nSPS) is 12.0. The highest BCUT2D eigenvalue weighted by Gasteiger charge is 2.11. The van der Waals surface area contributed by atoms with E-state index >= 15 is 0 Å². The van der Waals surface area contributed by atoms with Crippen molar-refractivity contribution in [1.82, 2.24) is 9.78 Å². The highest BCUT2D eigenvalue weighted by Crippen LogP contribution is 2.17. The minimum atomic E-state index is -0.439. The summed E-state index contributed by atoms with van der Waals surface area (Å²) in [6.45, 7) is 0.402. The molecule has 106 valence electrons. The summed E-state index contributed by atoms with van der Waals surface area (Å²) in [6.07, 6.45) is 1.77. The molecule has 1 aromatic heterocycles. The van der Waals surface area contributed by atoms with Crippen molar-refractivity contribution in [3.05, 3.63) is 65.6 Å². The van der Waals surface area contributed by atoms with Crippen LogP contribution in [0.5, 0.6) is 0 Å². The monoisotopic (exact) mass is 284 g/mol. The Labute approximate surface area is 120 Å². The summed E-state index contributed by atoms with van der Waals surface area (Å²) >= 11 is 0. The standard InChI is InChI=1S/C15H13FN4O/c16-12-6-5-11(13(7-12)15(17)19-21)9-20-14-4-2-1-3-10(14)8-18-20/h1-8,21H,9H2,(H2,17,19). The van der Waals surface area contributed by atoms with Crippen molar-refractivity contribution in [2.45, 2.75) is 6.54 Å². The molecule has 0 unspecified atom stereocenters. The third-order valence-corrected chi connectivity index (χ3v) is 3.33. The number of oxime groups is 1. The van der Waals surface area contributed by atoms with E-state index in [1.165, 1.54) is 12.1 Å². The number of aromatic nitrogens is 2. The van der Waals surface area contributed by atoms with E-state index in [0.29, 0.717) is 12.1 Å². The first-order valence-electron chi connectivity index (χ1n) is 6.36. The number of para-hydroxylation sites is 1. The average molecular weight is 284 g/mol. The predicted octanol–water partition coefficient (Wildman–Crippen LogP) is 2.32. The Morgan fingerprint density at radius 1 is 1.29 bits per heavy atom. The zero-order valence-electron chi connectivity index (χ0n) is 11.1. The zero-order valence-corrected chi connectivity index (χ0v) is 11.1. The van der Waals surface area contributed by atoms with E-state index in [-0.39, 0.29) is 5.84 Å². The third-order valence-electron chi connectivity index (χ3n) is 3.33. The van der Waals surface area contributed by atoms with Gasteiger partial charge in [0, 0.05) is 10.9 Å². The van der Waals surface area contributed by atoms with Gasteiger partial charge in [0.25, 0.3) is 0 Å². The molecule has 0 spiro atoms. The molecule has 3 aromatic rings. The first-order valence-corrected chi connectivity index (χ1v) is 6.36.